The van der Waals surface area contributed by atoms with Gasteiger partial charge in [-0.05, 0) is 43.7 Å². The third kappa shape index (κ3) is 3.87. The molecule has 0 saturated carbocycles. The van der Waals surface area contributed by atoms with Crippen molar-refractivity contribution in [2.75, 3.05) is 0 Å². The van der Waals surface area contributed by atoms with Gasteiger partial charge in [0.25, 0.3) is 11.8 Å². The molecule has 0 heterocycles. The minimum Gasteiger partial charge on any atom is -0.267 e. The number of benzene rings is 2. The first kappa shape index (κ1) is 16.5. The summed E-state index contributed by atoms with van der Waals surface area (Å²) in [6, 6.07) is 10.4. The number of carbonyl (C=O) groups is 2. The van der Waals surface area contributed by atoms with Crippen molar-refractivity contribution in [1.29, 1.82) is 0 Å². The van der Waals surface area contributed by atoms with Gasteiger partial charge in [0.2, 0.25) is 0 Å². The number of carbonyl (C=O) groups excluding carboxylic acids is 2. The molecule has 0 aliphatic heterocycles. The fourth-order valence-electron chi connectivity index (χ4n) is 1.99. The average Bonchev–Trinajstić information content (AvgIpc) is 2.47. The van der Waals surface area contributed by atoms with Crippen molar-refractivity contribution in [2.45, 2.75) is 13.8 Å². The molecule has 2 aromatic carbocycles. The molecule has 4 nitrogen and oxygen atoms in total. The summed E-state index contributed by atoms with van der Waals surface area (Å²) in [7, 11) is 0. The van der Waals surface area contributed by atoms with E-state index in [1.54, 1.807) is 24.3 Å². The van der Waals surface area contributed by atoms with Gasteiger partial charge in [-0.25, -0.2) is 0 Å². The Kier molecular flexibility index (Phi) is 5.21. The Hall–Kier alpha value is -1.85. The zero-order valence-electron chi connectivity index (χ0n) is 12.0. The highest BCUT2D eigenvalue weighted by atomic mass is 79.9. The van der Waals surface area contributed by atoms with E-state index >= 15 is 0 Å². The number of halogens is 2. The fourth-order valence-corrected chi connectivity index (χ4v) is 2.55. The standard InChI is InChI=1S/C16H14BrClN2O2/c1-9-3-5-12(10(2)7-9)15(21)19-20-16(22)13-8-11(17)4-6-14(13)18/h3-8H,1-2H3,(H,19,21)(H,20,22). The van der Waals surface area contributed by atoms with E-state index in [1.807, 2.05) is 26.0 Å². The number of hydrogen-bond acceptors (Lipinski definition) is 2. The van der Waals surface area contributed by atoms with Gasteiger partial charge < -0.3 is 0 Å². The Morgan fingerprint density at radius 2 is 1.59 bits per heavy atom. The van der Waals surface area contributed by atoms with E-state index in [9.17, 15) is 9.59 Å². The van der Waals surface area contributed by atoms with Crippen LogP contribution < -0.4 is 10.9 Å². The van der Waals surface area contributed by atoms with Gasteiger partial charge in [-0.15, -0.1) is 0 Å². The second-order valence-corrected chi connectivity index (χ2v) is 6.17. The van der Waals surface area contributed by atoms with E-state index in [0.717, 1.165) is 15.6 Å². The number of hydrazine groups is 1. The lowest BCUT2D eigenvalue weighted by Gasteiger charge is -2.10. The average molecular weight is 382 g/mol. The van der Waals surface area contributed by atoms with Crippen LogP contribution in [0.3, 0.4) is 0 Å². The SMILES string of the molecule is Cc1ccc(C(=O)NNC(=O)c2cc(Br)ccc2Cl)c(C)c1. The molecule has 2 rings (SSSR count). The molecule has 0 atom stereocenters. The predicted octanol–water partition coefficient (Wildman–Crippen LogP) is 3.79. The maximum atomic E-state index is 12.1. The van der Waals surface area contributed by atoms with Crippen LogP contribution in [-0.2, 0) is 0 Å². The largest absolute Gasteiger partial charge is 0.271 e. The summed E-state index contributed by atoms with van der Waals surface area (Å²) >= 11 is 9.24. The van der Waals surface area contributed by atoms with Crippen LogP contribution in [0.2, 0.25) is 5.02 Å². The molecule has 2 N–H and O–H groups in total. The summed E-state index contributed by atoms with van der Waals surface area (Å²) in [6.07, 6.45) is 0. The van der Waals surface area contributed by atoms with Crippen molar-refractivity contribution in [1.82, 2.24) is 10.9 Å². The maximum Gasteiger partial charge on any atom is 0.271 e. The summed E-state index contributed by atoms with van der Waals surface area (Å²) in [4.78, 5) is 24.2. The zero-order chi connectivity index (χ0) is 16.3. The van der Waals surface area contributed by atoms with Crippen LogP contribution in [0, 0.1) is 13.8 Å². The highest BCUT2D eigenvalue weighted by Gasteiger charge is 2.13. The molecule has 2 aromatic rings. The van der Waals surface area contributed by atoms with Crippen LogP contribution in [0.1, 0.15) is 31.8 Å². The van der Waals surface area contributed by atoms with Crippen LogP contribution in [0.25, 0.3) is 0 Å². The Balaban J connectivity index is 2.07. The van der Waals surface area contributed by atoms with Crippen molar-refractivity contribution in [3.63, 3.8) is 0 Å². The van der Waals surface area contributed by atoms with Gasteiger partial charge in [-0.1, -0.05) is 45.2 Å². The van der Waals surface area contributed by atoms with Crippen LogP contribution in [-0.4, -0.2) is 11.8 Å². The van der Waals surface area contributed by atoms with Gasteiger partial charge in [0, 0.05) is 10.0 Å². The normalized spacial score (nSPS) is 10.2. The Bertz CT molecular complexity index is 747. The van der Waals surface area contributed by atoms with Gasteiger partial charge in [0.15, 0.2) is 0 Å². The lowest BCUT2D eigenvalue weighted by molar-refractivity contribution is 0.0846. The van der Waals surface area contributed by atoms with E-state index in [0.29, 0.717) is 10.6 Å². The number of hydrogen-bond donors (Lipinski definition) is 2. The molecule has 2 amide bonds. The Morgan fingerprint density at radius 3 is 2.23 bits per heavy atom. The van der Waals surface area contributed by atoms with Gasteiger partial charge in [0.1, 0.15) is 0 Å². The molecular weight excluding hydrogens is 368 g/mol. The van der Waals surface area contributed by atoms with Crippen molar-refractivity contribution >= 4 is 39.3 Å². The van der Waals surface area contributed by atoms with E-state index in [-0.39, 0.29) is 11.5 Å². The molecule has 6 heteroatoms. The molecule has 0 aromatic heterocycles. The van der Waals surface area contributed by atoms with E-state index in [1.165, 1.54) is 0 Å². The first-order valence-electron chi connectivity index (χ1n) is 6.51. The lowest BCUT2D eigenvalue weighted by Crippen LogP contribution is -2.42. The second kappa shape index (κ2) is 6.94. The first-order chi connectivity index (χ1) is 10.4. The summed E-state index contributed by atoms with van der Waals surface area (Å²) < 4.78 is 0.725. The molecule has 114 valence electrons. The van der Waals surface area contributed by atoms with Crippen LogP contribution in [0.4, 0.5) is 0 Å². The van der Waals surface area contributed by atoms with Crippen molar-refractivity contribution in [2.24, 2.45) is 0 Å². The molecule has 0 fully saturated rings. The van der Waals surface area contributed by atoms with Gasteiger partial charge >= 0.3 is 0 Å². The third-order valence-corrected chi connectivity index (χ3v) is 3.91. The smallest absolute Gasteiger partial charge is 0.267 e. The molecule has 0 unspecified atom stereocenters. The van der Waals surface area contributed by atoms with Gasteiger partial charge in [0.05, 0.1) is 10.6 Å². The van der Waals surface area contributed by atoms with Gasteiger partial charge in [-0.3, -0.25) is 20.4 Å². The topological polar surface area (TPSA) is 58.2 Å². The zero-order valence-corrected chi connectivity index (χ0v) is 14.4. The van der Waals surface area contributed by atoms with Crippen LogP contribution in [0.5, 0.6) is 0 Å². The number of rotatable bonds is 2. The van der Waals surface area contributed by atoms with Crippen molar-refractivity contribution in [3.8, 4) is 0 Å². The summed E-state index contributed by atoms with van der Waals surface area (Å²) in [5.74, 6) is -0.860. The molecule has 0 bridgehead atoms. The molecule has 0 aliphatic carbocycles. The minimum absolute atomic E-state index is 0.275. The van der Waals surface area contributed by atoms with Crippen LogP contribution in [0.15, 0.2) is 40.9 Å². The summed E-state index contributed by atoms with van der Waals surface area (Å²) in [5.41, 5.74) is 7.44. The number of amides is 2. The molecule has 0 spiro atoms. The van der Waals surface area contributed by atoms with E-state index in [2.05, 4.69) is 26.8 Å². The number of aryl methyl sites for hydroxylation is 2. The van der Waals surface area contributed by atoms with Crippen molar-refractivity contribution < 1.29 is 9.59 Å². The Labute approximate surface area is 142 Å². The number of nitrogens with one attached hydrogen (secondary N) is 2. The third-order valence-electron chi connectivity index (χ3n) is 3.09. The first-order valence-corrected chi connectivity index (χ1v) is 7.68. The quantitative estimate of drug-likeness (QED) is 0.778. The summed E-state index contributed by atoms with van der Waals surface area (Å²) in [5, 5.41) is 0.307. The monoisotopic (exact) mass is 380 g/mol. The second-order valence-electron chi connectivity index (χ2n) is 4.85. The lowest BCUT2D eigenvalue weighted by atomic mass is 10.1. The van der Waals surface area contributed by atoms with Gasteiger partial charge in [-0.2, -0.15) is 0 Å². The molecular formula is C16H14BrClN2O2. The molecule has 0 aliphatic rings. The van der Waals surface area contributed by atoms with E-state index in [4.69, 9.17) is 11.6 Å². The Morgan fingerprint density at radius 1 is 0.955 bits per heavy atom. The fraction of sp³-hybridized carbons (Fsp3) is 0.125. The minimum atomic E-state index is -0.482. The summed E-state index contributed by atoms with van der Waals surface area (Å²) in [6.45, 7) is 3.79. The van der Waals surface area contributed by atoms with Crippen LogP contribution >= 0.6 is 27.5 Å². The van der Waals surface area contributed by atoms with E-state index < -0.39 is 5.91 Å². The molecule has 0 radical (unpaired) electrons. The molecule has 22 heavy (non-hydrogen) atoms. The van der Waals surface area contributed by atoms with Crippen molar-refractivity contribution in [3.05, 3.63) is 68.1 Å². The maximum absolute atomic E-state index is 12.1. The highest BCUT2D eigenvalue weighted by molar-refractivity contribution is 9.10. The molecule has 0 saturated heterocycles. The highest BCUT2D eigenvalue weighted by Crippen LogP contribution is 2.20. The predicted molar refractivity (Wildman–Crippen MR) is 90.0 cm³/mol.